The normalized spacial score (nSPS) is 12.8. The second kappa shape index (κ2) is 11.2. The lowest BCUT2D eigenvalue weighted by Gasteiger charge is -2.20. The van der Waals surface area contributed by atoms with Gasteiger partial charge in [0, 0.05) is 6.42 Å². The summed E-state index contributed by atoms with van der Waals surface area (Å²) in [6, 6.07) is 12.0. The molecule has 0 aliphatic rings. The number of hydrogen-bond donors (Lipinski definition) is 2. The number of amides is 1. The topological polar surface area (TPSA) is 125 Å². The highest BCUT2D eigenvalue weighted by Gasteiger charge is 2.28. The number of carbonyl (C=O) groups excluding carboxylic acids is 4. The number of esters is 2. The van der Waals surface area contributed by atoms with Gasteiger partial charge >= 0.3 is 11.9 Å². The van der Waals surface area contributed by atoms with Crippen LogP contribution in [0.4, 0.5) is 4.39 Å². The minimum atomic E-state index is -2.19. The van der Waals surface area contributed by atoms with Crippen molar-refractivity contribution < 1.29 is 33.0 Å². The number of nitrogens with one attached hydrogen (secondary N) is 1. The first-order valence-corrected chi connectivity index (χ1v) is 9.75. The molecule has 0 aliphatic heterocycles. The van der Waals surface area contributed by atoms with Crippen molar-refractivity contribution in [2.24, 2.45) is 11.7 Å². The molecule has 8 nitrogen and oxygen atoms in total. The van der Waals surface area contributed by atoms with E-state index in [2.05, 4.69) is 10.1 Å². The van der Waals surface area contributed by atoms with E-state index in [0.717, 1.165) is 10.8 Å². The molecule has 0 aliphatic carbocycles. The summed E-state index contributed by atoms with van der Waals surface area (Å²) in [4.78, 5) is 47.3. The molecule has 2 rings (SSSR count). The van der Waals surface area contributed by atoms with Gasteiger partial charge in [-0.25, -0.2) is 9.18 Å². The zero-order valence-corrected chi connectivity index (χ0v) is 17.3. The molecule has 0 aromatic heterocycles. The van der Waals surface area contributed by atoms with Crippen molar-refractivity contribution in [3.05, 3.63) is 42.5 Å². The van der Waals surface area contributed by atoms with Gasteiger partial charge in [-0.15, -0.1) is 0 Å². The van der Waals surface area contributed by atoms with Gasteiger partial charge in [0.15, 0.2) is 12.4 Å². The Morgan fingerprint density at radius 1 is 1.03 bits per heavy atom. The molecule has 9 heteroatoms. The standard InChI is InChI=1S/C22H25FN2O6/c1-13(2)20(22(29)31-19(28)10-9-17(26)21(23)24)25-18(27)12-30-16-8-7-14-5-3-4-6-15(14)11-16/h3-8,11,13,20-21H,9-10,12,24H2,1-2H3,(H,25,27)/t20-,21?/m0/s1. The summed E-state index contributed by atoms with van der Waals surface area (Å²) in [5.41, 5.74) is 4.77. The summed E-state index contributed by atoms with van der Waals surface area (Å²) in [5, 5.41) is 4.46. The van der Waals surface area contributed by atoms with E-state index in [1.54, 1.807) is 26.0 Å². The van der Waals surface area contributed by atoms with Gasteiger partial charge in [0.1, 0.15) is 11.8 Å². The monoisotopic (exact) mass is 432 g/mol. The highest BCUT2D eigenvalue weighted by atomic mass is 19.1. The van der Waals surface area contributed by atoms with Gasteiger partial charge in [0.05, 0.1) is 6.42 Å². The fourth-order valence-electron chi connectivity index (χ4n) is 2.71. The summed E-state index contributed by atoms with van der Waals surface area (Å²) < 4.78 is 22.8. The lowest BCUT2D eigenvalue weighted by molar-refractivity contribution is -0.163. The summed E-state index contributed by atoms with van der Waals surface area (Å²) in [7, 11) is 0. The van der Waals surface area contributed by atoms with E-state index in [9.17, 15) is 23.6 Å². The Morgan fingerprint density at radius 3 is 2.35 bits per heavy atom. The van der Waals surface area contributed by atoms with Crippen molar-refractivity contribution in [3.8, 4) is 5.75 Å². The molecule has 2 atom stereocenters. The second-order valence-corrected chi connectivity index (χ2v) is 7.25. The van der Waals surface area contributed by atoms with E-state index in [-0.39, 0.29) is 12.5 Å². The van der Waals surface area contributed by atoms with Crippen LogP contribution in [-0.4, -0.2) is 42.6 Å². The number of ether oxygens (including phenoxy) is 2. The van der Waals surface area contributed by atoms with Gasteiger partial charge in [-0.3, -0.25) is 20.1 Å². The number of ketones is 1. The molecule has 2 aromatic carbocycles. The number of Topliss-reactive ketones (excluding diaryl/α,β-unsaturated/α-hetero) is 1. The molecular formula is C22H25FN2O6. The van der Waals surface area contributed by atoms with Crippen LogP contribution in [0.15, 0.2) is 42.5 Å². The lowest BCUT2D eigenvalue weighted by atomic mass is 10.0. The Bertz CT molecular complexity index is 960. The molecule has 0 fully saturated rings. The van der Waals surface area contributed by atoms with Crippen molar-refractivity contribution in [2.75, 3.05) is 6.61 Å². The first kappa shape index (κ1) is 23.9. The molecule has 31 heavy (non-hydrogen) atoms. The molecule has 1 unspecified atom stereocenters. The predicted octanol–water partition coefficient (Wildman–Crippen LogP) is 2.03. The molecule has 2 aromatic rings. The van der Waals surface area contributed by atoms with Crippen LogP contribution in [0.3, 0.4) is 0 Å². The van der Waals surface area contributed by atoms with Crippen LogP contribution in [0.1, 0.15) is 26.7 Å². The Morgan fingerprint density at radius 2 is 1.71 bits per heavy atom. The quantitative estimate of drug-likeness (QED) is 0.334. The lowest BCUT2D eigenvalue weighted by Crippen LogP contribution is -2.47. The molecule has 0 heterocycles. The number of alkyl halides is 1. The first-order valence-electron chi connectivity index (χ1n) is 9.75. The molecule has 1 amide bonds. The van der Waals surface area contributed by atoms with Crippen LogP contribution in [0.25, 0.3) is 10.8 Å². The summed E-state index contributed by atoms with van der Waals surface area (Å²) in [6.45, 7) is 2.98. The zero-order chi connectivity index (χ0) is 23.0. The SMILES string of the molecule is CC(C)[C@H](NC(=O)COc1ccc2ccccc2c1)C(=O)OC(=O)CCC(=O)C(N)F. The van der Waals surface area contributed by atoms with Gasteiger partial charge < -0.3 is 14.8 Å². The Kier molecular flexibility index (Phi) is 8.63. The van der Waals surface area contributed by atoms with Crippen molar-refractivity contribution in [3.63, 3.8) is 0 Å². The number of benzene rings is 2. The average Bonchev–Trinajstić information content (AvgIpc) is 2.73. The molecule has 0 radical (unpaired) electrons. The molecule has 0 saturated carbocycles. The maximum Gasteiger partial charge on any atom is 0.336 e. The van der Waals surface area contributed by atoms with E-state index in [1.165, 1.54) is 0 Å². The minimum absolute atomic E-state index is 0.342. The van der Waals surface area contributed by atoms with E-state index in [0.29, 0.717) is 5.75 Å². The smallest absolute Gasteiger partial charge is 0.336 e. The fourth-order valence-corrected chi connectivity index (χ4v) is 2.71. The molecule has 3 N–H and O–H groups in total. The van der Waals surface area contributed by atoms with Crippen molar-refractivity contribution in [2.45, 2.75) is 39.0 Å². The first-order chi connectivity index (χ1) is 14.7. The third kappa shape index (κ3) is 7.45. The Hall–Kier alpha value is -3.33. The third-order valence-electron chi connectivity index (χ3n) is 4.43. The highest BCUT2D eigenvalue weighted by Crippen LogP contribution is 2.20. The van der Waals surface area contributed by atoms with Gasteiger partial charge in [0.25, 0.3) is 5.91 Å². The van der Waals surface area contributed by atoms with Crippen molar-refractivity contribution in [1.82, 2.24) is 5.32 Å². The maximum atomic E-state index is 12.6. The van der Waals surface area contributed by atoms with Gasteiger partial charge in [-0.2, -0.15) is 0 Å². The summed E-state index contributed by atoms with van der Waals surface area (Å²) >= 11 is 0. The molecule has 0 bridgehead atoms. The van der Waals surface area contributed by atoms with Crippen LogP contribution < -0.4 is 15.8 Å². The number of rotatable bonds is 10. The van der Waals surface area contributed by atoms with Crippen LogP contribution >= 0.6 is 0 Å². The van der Waals surface area contributed by atoms with Crippen molar-refractivity contribution in [1.29, 1.82) is 0 Å². The number of nitrogens with two attached hydrogens (primary N) is 1. The molecule has 0 saturated heterocycles. The van der Waals surface area contributed by atoms with Gasteiger partial charge in [-0.1, -0.05) is 44.2 Å². The summed E-state index contributed by atoms with van der Waals surface area (Å²) in [6.07, 6.45) is -3.16. The highest BCUT2D eigenvalue weighted by molar-refractivity contribution is 5.93. The van der Waals surface area contributed by atoms with E-state index >= 15 is 0 Å². The molecule has 166 valence electrons. The molecular weight excluding hydrogens is 407 g/mol. The van der Waals surface area contributed by atoms with Gasteiger partial charge in [0.2, 0.25) is 6.30 Å². The van der Waals surface area contributed by atoms with Crippen molar-refractivity contribution >= 4 is 34.4 Å². The number of hydrogen-bond acceptors (Lipinski definition) is 7. The zero-order valence-electron chi connectivity index (χ0n) is 17.3. The minimum Gasteiger partial charge on any atom is -0.484 e. The number of carbonyl (C=O) groups is 4. The van der Waals surface area contributed by atoms with E-state index in [4.69, 9.17) is 10.5 Å². The Labute approximate surface area is 178 Å². The average molecular weight is 432 g/mol. The third-order valence-corrected chi connectivity index (χ3v) is 4.43. The number of halogens is 1. The number of fused-ring (bicyclic) bond motifs is 1. The van der Waals surface area contributed by atoms with E-state index in [1.807, 2.05) is 30.3 Å². The van der Waals surface area contributed by atoms with E-state index < -0.39 is 48.8 Å². The van der Waals surface area contributed by atoms with Gasteiger partial charge in [-0.05, 0) is 28.8 Å². The van der Waals surface area contributed by atoms with Crippen LogP contribution in [0.2, 0.25) is 0 Å². The van der Waals surface area contributed by atoms with Crippen LogP contribution in [-0.2, 0) is 23.9 Å². The fraction of sp³-hybridized carbons (Fsp3) is 0.364. The molecule has 0 spiro atoms. The maximum absolute atomic E-state index is 12.6. The predicted molar refractivity (Wildman–Crippen MR) is 111 cm³/mol. The Balaban J connectivity index is 1.87. The van der Waals surface area contributed by atoms with Crippen LogP contribution in [0.5, 0.6) is 5.75 Å². The second-order valence-electron chi connectivity index (χ2n) is 7.25. The van der Waals surface area contributed by atoms with Crippen LogP contribution in [0, 0.1) is 5.92 Å². The largest absolute Gasteiger partial charge is 0.484 e. The summed E-state index contributed by atoms with van der Waals surface area (Å²) in [5.74, 6) is -3.42.